The molecule has 2 rings (SSSR count). The van der Waals surface area contributed by atoms with E-state index in [1.807, 2.05) is 6.92 Å². The number of rotatable bonds is 7. The van der Waals surface area contributed by atoms with E-state index in [-0.39, 0.29) is 18.5 Å². The molecule has 3 N–H and O–H groups in total. The summed E-state index contributed by atoms with van der Waals surface area (Å²) in [5.41, 5.74) is 1.41. The number of amides is 1. The summed E-state index contributed by atoms with van der Waals surface area (Å²) in [5, 5.41) is 20.2. The Labute approximate surface area is 131 Å². The second-order valence-electron chi connectivity index (χ2n) is 4.99. The van der Waals surface area contributed by atoms with Crippen LogP contribution in [0.5, 0.6) is 0 Å². The van der Waals surface area contributed by atoms with Gasteiger partial charge in [-0.25, -0.2) is 9.78 Å². The van der Waals surface area contributed by atoms with Gasteiger partial charge in [0, 0.05) is 12.6 Å². The monoisotopic (exact) mass is 319 g/mol. The van der Waals surface area contributed by atoms with Crippen LogP contribution in [0.25, 0.3) is 5.65 Å². The van der Waals surface area contributed by atoms with Crippen molar-refractivity contribution in [1.29, 1.82) is 0 Å². The summed E-state index contributed by atoms with van der Waals surface area (Å²) in [6, 6.07) is 4.01. The van der Waals surface area contributed by atoms with E-state index < -0.39 is 23.9 Å². The van der Waals surface area contributed by atoms with Gasteiger partial charge in [0.15, 0.2) is 0 Å². The van der Waals surface area contributed by atoms with Crippen LogP contribution < -0.4 is 5.32 Å². The number of aromatic nitrogens is 2. The molecule has 1 atom stereocenters. The minimum Gasteiger partial charge on any atom is -0.481 e. The number of pyridine rings is 1. The summed E-state index contributed by atoms with van der Waals surface area (Å²) in [4.78, 5) is 38.6. The molecule has 8 heteroatoms. The standard InChI is InChI=1S/C15H17N3O5/c1-2-9-13(18-8-4-3-5-11(18)16-9)14(21)17-10(15(22)23)6-7-12(19)20/h3-5,8,10H,2,6-7H2,1H3,(H,17,21)(H,19,20)(H,22,23). The van der Waals surface area contributed by atoms with E-state index in [4.69, 9.17) is 10.2 Å². The Morgan fingerprint density at radius 1 is 1.30 bits per heavy atom. The van der Waals surface area contributed by atoms with Gasteiger partial charge in [0.25, 0.3) is 5.91 Å². The van der Waals surface area contributed by atoms with Crippen LogP contribution in [-0.4, -0.2) is 43.5 Å². The number of carboxylic acid groups (broad SMARTS) is 2. The molecule has 1 amide bonds. The van der Waals surface area contributed by atoms with E-state index in [1.165, 1.54) is 0 Å². The lowest BCUT2D eigenvalue weighted by Crippen LogP contribution is -2.41. The molecule has 0 saturated heterocycles. The molecule has 2 heterocycles. The number of aliphatic carboxylic acids is 2. The molecular formula is C15H17N3O5. The predicted octanol–water partition coefficient (Wildman–Crippen LogP) is 0.945. The summed E-state index contributed by atoms with van der Waals surface area (Å²) in [6.45, 7) is 1.84. The Balaban J connectivity index is 2.28. The molecule has 0 spiro atoms. The molecule has 0 aliphatic rings. The number of fused-ring (bicyclic) bond motifs is 1. The zero-order valence-electron chi connectivity index (χ0n) is 12.5. The molecule has 0 radical (unpaired) electrons. The summed E-state index contributed by atoms with van der Waals surface area (Å²) in [7, 11) is 0. The van der Waals surface area contributed by atoms with Crippen LogP contribution in [0.3, 0.4) is 0 Å². The van der Waals surface area contributed by atoms with Crippen LogP contribution in [0.2, 0.25) is 0 Å². The number of hydrogen-bond donors (Lipinski definition) is 3. The average Bonchev–Trinajstić information content (AvgIpc) is 2.89. The fourth-order valence-corrected chi connectivity index (χ4v) is 2.28. The molecule has 2 aromatic rings. The van der Waals surface area contributed by atoms with Gasteiger partial charge in [0.05, 0.1) is 5.69 Å². The molecule has 0 fully saturated rings. The van der Waals surface area contributed by atoms with E-state index in [1.54, 1.807) is 28.8 Å². The molecule has 2 aromatic heterocycles. The van der Waals surface area contributed by atoms with Crippen molar-refractivity contribution in [1.82, 2.24) is 14.7 Å². The van der Waals surface area contributed by atoms with Crippen LogP contribution in [-0.2, 0) is 16.0 Å². The molecule has 1 unspecified atom stereocenters. The van der Waals surface area contributed by atoms with Gasteiger partial charge in [-0.2, -0.15) is 0 Å². The highest BCUT2D eigenvalue weighted by Crippen LogP contribution is 2.14. The highest BCUT2D eigenvalue weighted by molar-refractivity contribution is 5.97. The molecule has 0 saturated carbocycles. The van der Waals surface area contributed by atoms with E-state index in [9.17, 15) is 14.4 Å². The SMILES string of the molecule is CCc1nc2ccccn2c1C(=O)NC(CCC(=O)O)C(=O)O. The van der Waals surface area contributed by atoms with Crippen molar-refractivity contribution in [3.63, 3.8) is 0 Å². The number of carbonyl (C=O) groups excluding carboxylic acids is 1. The maximum Gasteiger partial charge on any atom is 0.326 e. The number of imidazole rings is 1. The van der Waals surface area contributed by atoms with Gasteiger partial charge >= 0.3 is 11.9 Å². The van der Waals surface area contributed by atoms with E-state index in [2.05, 4.69) is 10.3 Å². The number of nitrogens with zero attached hydrogens (tertiary/aromatic N) is 2. The predicted molar refractivity (Wildman–Crippen MR) is 80.3 cm³/mol. The Hall–Kier alpha value is -2.90. The first-order valence-corrected chi connectivity index (χ1v) is 7.15. The second kappa shape index (κ2) is 6.91. The maximum absolute atomic E-state index is 12.5. The van der Waals surface area contributed by atoms with Gasteiger partial charge in [-0.15, -0.1) is 0 Å². The van der Waals surface area contributed by atoms with Gasteiger partial charge in [0.1, 0.15) is 17.4 Å². The number of hydrogen-bond acceptors (Lipinski definition) is 4. The van der Waals surface area contributed by atoms with Crippen molar-refractivity contribution >= 4 is 23.5 Å². The summed E-state index contributed by atoms with van der Waals surface area (Å²) >= 11 is 0. The third kappa shape index (κ3) is 3.65. The molecule has 0 aromatic carbocycles. The zero-order chi connectivity index (χ0) is 17.0. The Morgan fingerprint density at radius 3 is 2.65 bits per heavy atom. The minimum atomic E-state index is -1.27. The molecule has 0 aliphatic carbocycles. The highest BCUT2D eigenvalue weighted by atomic mass is 16.4. The first kappa shape index (κ1) is 16.5. The van der Waals surface area contributed by atoms with Crippen molar-refractivity contribution in [3.05, 3.63) is 35.8 Å². The van der Waals surface area contributed by atoms with Gasteiger partial charge in [0.2, 0.25) is 0 Å². The van der Waals surface area contributed by atoms with E-state index >= 15 is 0 Å². The van der Waals surface area contributed by atoms with Crippen LogP contribution in [0.1, 0.15) is 35.9 Å². The fraction of sp³-hybridized carbons (Fsp3) is 0.333. The third-order valence-electron chi connectivity index (χ3n) is 3.40. The quantitative estimate of drug-likeness (QED) is 0.698. The third-order valence-corrected chi connectivity index (χ3v) is 3.40. The smallest absolute Gasteiger partial charge is 0.326 e. The molecule has 0 aliphatic heterocycles. The number of aryl methyl sites for hydroxylation is 1. The van der Waals surface area contributed by atoms with Gasteiger partial charge in [-0.05, 0) is 25.0 Å². The van der Waals surface area contributed by atoms with Gasteiger partial charge < -0.3 is 15.5 Å². The van der Waals surface area contributed by atoms with Gasteiger partial charge in [-0.3, -0.25) is 14.0 Å². The second-order valence-corrected chi connectivity index (χ2v) is 4.99. The zero-order valence-corrected chi connectivity index (χ0v) is 12.5. The van der Waals surface area contributed by atoms with Crippen LogP contribution in [0.4, 0.5) is 0 Å². The maximum atomic E-state index is 12.5. The van der Waals surface area contributed by atoms with Crippen molar-refractivity contribution in [3.8, 4) is 0 Å². The molecule has 0 bridgehead atoms. The number of carboxylic acids is 2. The van der Waals surface area contributed by atoms with Crippen molar-refractivity contribution < 1.29 is 24.6 Å². The average molecular weight is 319 g/mol. The van der Waals surface area contributed by atoms with Gasteiger partial charge in [-0.1, -0.05) is 13.0 Å². The minimum absolute atomic E-state index is 0.186. The molecule has 23 heavy (non-hydrogen) atoms. The Morgan fingerprint density at radius 2 is 2.04 bits per heavy atom. The number of nitrogens with one attached hydrogen (secondary N) is 1. The normalized spacial score (nSPS) is 12.0. The first-order chi connectivity index (χ1) is 10.9. The fourth-order valence-electron chi connectivity index (χ4n) is 2.28. The molecule has 122 valence electrons. The summed E-state index contributed by atoms with van der Waals surface area (Å²) in [6.07, 6.45) is 1.65. The summed E-state index contributed by atoms with van der Waals surface area (Å²) in [5.74, 6) is -2.97. The Bertz CT molecular complexity index is 753. The topological polar surface area (TPSA) is 121 Å². The van der Waals surface area contributed by atoms with E-state index in [0.29, 0.717) is 17.8 Å². The largest absolute Gasteiger partial charge is 0.481 e. The van der Waals surface area contributed by atoms with Crippen LogP contribution in [0, 0.1) is 0 Å². The number of carbonyl (C=O) groups is 3. The van der Waals surface area contributed by atoms with Crippen LogP contribution in [0.15, 0.2) is 24.4 Å². The van der Waals surface area contributed by atoms with Crippen molar-refractivity contribution in [2.45, 2.75) is 32.2 Å². The molecule has 8 nitrogen and oxygen atoms in total. The van der Waals surface area contributed by atoms with E-state index in [0.717, 1.165) is 0 Å². The van der Waals surface area contributed by atoms with Crippen molar-refractivity contribution in [2.24, 2.45) is 0 Å². The lowest BCUT2D eigenvalue weighted by atomic mass is 10.1. The Kier molecular flexibility index (Phi) is 4.95. The lowest BCUT2D eigenvalue weighted by Gasteiger charge is -2.14. The lowest BCUT2D eigenvalue weighted by molar-refractivity contribution is -0.140. The summed E-state index contributed by atoms with van der Waals surface area (Å²) < 4.78 is 1.59. The highest BCUT2D eigenvalue weighted by Gasteiger charge is 2.25. The first-order valence-electron chi connectivity index (χ1n) is 7.15. The van der Waals surface area contributed by atoms with Crippen molar-refractivity contribution in [2.75, 3.05) is 0 Å². The molecular weight excluding hydrogens is 302 g/mol. The van der Waals surface area contributed by atoms with Crippen LogP contribution >= 0.6 is 0 Å².